The van der Waals surface area contributed by atoms with Crippen LogP contribution in [0.3, 0.4) is 0 Å². The summed E-state index contributed by atoms with van der Waals surface area (Å²) in [6.45, 7) is 4.81. The van der Waals surface area contributed by atoms with Crippen molar-refractivity contribution in [3.8, 4) is 0 Å². The maximum Gasteiger partial charge on any atom is 0.203 e. The Hall–Kier alpha value is -1.88. The maximum atomic E-state index is 5.13. The van der Waals surface area contributed by atoms with Gasteiger partial charge in [0.15, 0.2) is 0 Å². The lowest BCUT2D eigenvalue weighted by Crippen LogP contribution is -2.24. The number of methoxy groups -OCH3 is 1. The average Bonchev–Trinajstić information content (AvgIpc) is 2.87. The van der Waals surface area contributed by atoms with Gasteiger partial charge in [-0.25, -0.2) is 4.98 Å². The zero-order valence-electron chi connectivity index (χ0n) is 11.6. The first-order valence-corrected chi connectivity index (χ1v) is 6.41. The Morgan fingerprint density at radius 1 is 1.26 bits per heavy atom. The number of pyridine rings is 1. The van der Waals surface area contributed by atoms with Crippen molar-refractivity contribution in [2.75, 3.05) is 19.0 Å². The molecule has 102 valence electrons. The Morgan fingerprint density at radius 3 is 2.79 bits per heavy atom. The van der Waals surface area contributed by atoms with E-state index in [1.807, 2.05) is 30.6 Å². The van der Waals surface area contributed by atoms with Gasteiger partial charge in [0.25, 0.3) is 0 Å². The molecule has 0 aliphatic rings. The van der Waals surface area contributed by atoms with Gasteiger partial charge in [0.1, 0.15) is 0 Å². The van der Waals surface area contributed by atoms with Crippen LogP contribution in [0, 0.1) is 0 Å². The SMILES string of the molecule is COCC(C)Nc1nccn1C(C)c1ccccn1. The summed E-state index contributed by atoms with van der Waals surface area (Å²) in [5, 5.41) is 3.34. The van der Waals surface area contributed by atoms with E-state index in [1.54, 1.807) is 13.3 Å². The third-order valence-electron chi connectivity index (χ3n) is 2.99. The highest BCUT2D eigenvalue weighted by Crippen LogP contribution is 2.20. The molecule has 0 amide bonds. The first-order chi connectivity index (χ1) is 9.22. The summed E-state index contributed by atoms with van der Waals surface area (Å²) in [4.78, 5) is 8.74. The molecule has 2 heterocycles. The first kappa shape index (κ1) is 13.5. The van der Waals surface area contributed by atoms with Crippen molar-refractivity contribution in [1.29, 1.82) is 0 Å². The van der Waals surface area contributed by atoms with Gasteiger partial charge in [-0.2, -0.15) is 0 Å². The molecule has 19 heavy (non-hydrogen) atoms. The van der Waals surface area contributed by atoms with Crippen molar-refractivity contribution in [1.82, 2.24) is 14.5 Å². The van der Waals surface area contributed by atoms with E-state index in [0.717, 1.165) is 11.6 Å². The summed E-state index contributed by atoms with van der Waals surface area (Å²) in [6, 6.07) is 6.29. The number of aromatic nitrogens is 3. The monoisotopic (exact) mass is 260 g/mol. The minimum atomic E-state index is 0.140. The van der Waals surface area contributed by atoms with E-state index in [-0.39, 0.29) is 12.1 Å². The molecule has 0 saturated carbocycles. The summed E-state index contributed by atoms with van der Waals surface area (Å²) < 4.78 is 7.20. The average molecular weight is 260 g/mol. The van der Waals surface area contributed by atoms with Crippen LogP contribution >= 0.6 is 0 Å². The fourth-order valence-electron chi connectivity index (χ4n) is 2.02. The minimum Gasteiger partial charge on any atom is -0.383 e. The van der Waals surface area contributed by atoms with Crippen LogP contribution in [-0.2, 0) is 4.74 Å². The van der Waals surface area contributed by atoms with Crippen molar-refractivity contribution < 1.29 is 4.74 Å². The molecule has 0 fully saturated rings. The molecule has 2 aromatic heterocycles. The third-order valence-corrected chi connectivity index (χ3v) is 2.99. The molecular weight excluding hydrogens is 240 g/mol. The van der Waals surface area contributed by atoms with Crippen LogP contribution in [0.15, 0.2) is 36.8 Å². The highest BCUT2D eigenvalue weighted by atomic mass is 16.5. The third kappa shape index (κ3) is 3.32. The van der Waals surface area contributed by atoms with Crippen LogP contribution in [0.1, 0.15) is 25.6 Å². The summed E-state index contributed by atoms with van der Waals surface area (Å²) in [5.41, 5.74) is 1.02. The van der Waals surface area contributed by atoms with E-state index >= 15 is 0 Å². The molecule has 0 saturated heterocycles. The lowest BCUT2D eigenvalue weighted by Gasteiger charge is -2.19. The van der Waals surface area contributed by atoms with Crippen molar-refractivity contribution in [3.05, 3.63) is 42.5 Å². The second kappa shape index (κ2) is 6.33. The molecule has 2 atom stereocenters. The Kier molecular flexibility index (Phi) is 4.52. The molecule has 2 unspecified atom stereocenters. The molecule has 0 aliphatic heterocycles. The van der Waals surface area contributed by atoms with Gasteiger partial charge in [-0.3, -0.25) is 4.98 Å². The molecule has 0 aliphatic carbocycles. The number of nitrogens with zero attached hydrogens (tertiary/aromatic N) is 3. The fraction of sp³-hybridized carbons (Fsp3) is 0.429. The smallest absolute Gasteiger partial charge is 0.203 e. The topological polar surface area (TPSA) is 52.0 Å². The standard InChI is InChI=1S/C14H20N4O/c1-11(10-19-3)17-14-16-8-9-18(14)12(2)13-6-4-5-7-15-13/h4-9,11-12H,10H2,1-3H3,(H,16,17). The molecule has 2 rings (SSSR count). The van der Waals surface area contributed by atoms with Crippen LogP contribution in [0.4, 0.5) is 5.95 Å². The molecule has 5 nitrogen and oxygen atoms in total. The predicted octanol–water partition coefficient (Wildman–Crippen LogP) is 2.33. The van der Waals surface area contributed by atoms with Gasteiger partial charge in [0.2, 0.25) is 5.95 Å². The summed E-state index contributed by atoms with van der Waals surface area (Å²) in [6.07, 6.45) is 5.56. The molecular formula is C14H20N4O. The van der Waals surface area contributed by atoms with Gasteiger partial charge < -0.3 is 14.6 Å². The molecule has 1 N–H and O–H groups in total. The zero-order chi connectivity index (χ0) is 13.7. The summed E-state index contributed by atoms with van der Waals surface area (Å²) in [5.74, 6) is 0.836. The molecule has 0 bridgehead atoms. The van der Waals surface area contributed by atoms with Crippen LogP contribution < -0.4 is 5.32 Å². The number of nitrogens with one attached hydrogen (secondary N) is 1. The number of hydrogen-bond acceptors (Lipinski definition) is 4. The van der Waals surface area contributed by atoms with Gasteiger partial charge in [-0.15, -0.1) is 0 Å². The largest absolute Gasteiger partial charge is 0.383 e. The zero-order valence-corrected chi connectivity index (χ0v) is 11.6. The van der Waals surface area contributed by atoms with E-state index < -0.39 is 0 Å². The van der Waals surface area contributed by atoms with Crippen LogP contribution in [-0.4, -0.2) is 34.3 Å². The summed E-state index contributed by atoms with van der Waals surface area (Å²) >= 11 is 0. The molecule has 0 radical (unpaired) electrons. The Balaban J connectivity index is 2.15. The highest BCUT2D eigenvalue weighted by Gasteiger charge is 2.14. The van der Waals surface area contributed by atoms with Crippen LogP contribution in [0.2, 0.25) is 0 Å². The van der Waals surface area contributed by atoms with Gasteiger partial charge in [-0.1, -0.05) is 6.07 Å². The second-order valence-corrected chi connectivity index (χ2v) is 4.59. The lowest BCUT2D eigenvalue weighted by atomic mass is 10.2. The Bertz CT molecular complexity index is 497. The number of ether oxygens (including phenoxy) is 1. The van der Waals surface area contributed by atoms with Gasteiger partial charge in [-0.05, 0) is 26.0 Å². The van der Waals surface area contributed by atoms with Crippen LogP contribution in [0.25, 0.3) is 0 Å². The van der Waals surface area contributed by atoms with Crippen molar-refractivity contribution in [2.45, 2.75) is 25.9 Å². The van der Waals surface area contributed by atoms with E-state index in [0.29, 0.717) is 6.61 Å². The first-order valence-electron chi connectivity index (χ1n) is 6.41. The van der Waals surface area contributed by atoms with E-state index in [1.165, 1.54) is 0 Å². The second-order valence-electron chi connectivity index (χ2n) is 4.59. The number of anilines is 1. The molecule has 5 heteroatoms. The summed E-state index contributed by atoms with van der Waals surface area (Å²) in [7, 11) is 1.70. The Labute approximate surface area is 113 Å². The van der Waals surface area contributed by atoms with Crippen LogP contribution in [0.5, 0.6) is 0 Å². The molecule has 0 spiro atoms. The van der Waals surface area contributed by atoms with Gasteiger partial charge in [0, 0.05) is 31.7 Å². The fourth-order valence-corrected chi connectivity index (χ4v) is 2.02. The van der Waals surface area contributed by atoms with Gasteiger partial charge in [0.05, 0.1) is 18.3 Å². The highest BCUT2D eigenvalue weighted by molar-refractivity contribution is 5.30. The predicted molar refractivity (Wildman–Crippen MR) is 75.2 cm³/mol. The van der Waals surface area contributed by atoms with Gasteiger partial charge >= 0.3 is 0 Å². The number of imidazole rings is 1. The van der Waals surface area contributed by atoms with Crippen molar-refractivity contribution in [2.24, 2.45) is 0 Å². The van der Waals surface area contributed by atoms with Crippen molar-refractivity contribution in [3.63, 3.8) is 0 Å². The van der Waals surface area contributed by atoms with E-state index in [2.05, 4.69) is 33.7 Å². The normalized spacial score (nSPS) is 14.1. The number of hydrogen-bond donors (Lipinski definition) is 1. The maximum absolute atomic E-state index is 5.13. The quantitative estimate of drug-likeness (QED) is 0.866. The van der Waals surface area contributed by atoms with E-state index in [4.69, 9.17) is 4.74 Å². The minimum absolute atomic E-state index is 0.140. The molecule has 0 aromatic carbocycles. The molecule has 2 aromatic rings. The Morgan fingerprint density at radius 2 is 2.11 bits per heavy atom. The number of rotatable bonds is 6. The van der Waals surface area contributed by atoms with E-state index in [9.17, 15) is 0 Å². The van der Waals surface area contributed by atoms with Crippen molar-refractivity contribution >= 4 is 5.95 Å². The lowest BCUT2D eigenvalue weighted by molar-refractivity contribution is 0.190.